The number of benzene rings is 2. The molecule has 3 N–H and O–H groups in total. The number of hydrogen-bond donors (Lipinski definition) is 2. The number of rotatable bonds is 9. The van der Waals surface area contributed by atoms with E-state index in [2.05, 4.69) is 138 Å². The Morgan fingerprint density at radius 1 is 0.926 bits per heavy atom. The van der Waals surface area contributed by atoms with Crippen LogP contribution in [0.15, 0.2) is 105 Å². The zero-order valence-electron chi connectivity index (χ0n) is 31.8. The molecule has 4 atom stereocenters. The zero-order chi connectivity index (χ0) is 36.8. The van der Waals surface area contributed by atoms with Crippen molar-refractivity contribution in [2.75, 3.05) is 6.54 Å². The molecule has 54 heavy (non-hydrogen) atoms. The predicted octanol–water partition coefficient (Wildman–Crippen LogP) is 6.66. The second-order valence-corrected chi connectivity index (χ2v) is 18.5. The van der Waals surface area contributed by atoms with Gasteiger partial charge in [-0.2, -0.15) is 0 Å². The number of hydrogen-bond acceptors (Lipinski definition) is 3. The molecule has 4 aromatic rings. The number of aromatic nitrogens is 1. The van der Waals surface area contributed by atoms with Crippen LogP contribution in [0.2, 0.25) is 0 Å². The molecule has 4 nitrogen and oxygen atoms in total. The van der Waals surface area contributed by atoms with E-state index in [0.29, 0.717) is 11.8 Å². The first-order valence-corrected chi connectivity index (χ1v) is 22.2. The van der Waals surface area contributed by atoms with Crippen molar-refractivity contribution >= 4 is 45.8 Å². The number of allylic oxidation sites excluding steroid dienone is 8. The van der Waals surface area contributed by atoms with Gasteiger partial charge in [0.2, 0.25) is 0 Å². The SMILES string of the molecule is CC1C=CC([I-]NCC(C2=CCCCC2)/C(=C(\N)c2ccccc2)c2ccc3c4c(oc3c2)=C(n2c3c(c5c2C=CC(C)C5)CCC=C3)C(C)C=C=4)=CC1. The summed E-state index contributed by atoms with van der Waals surface area (Å²) < 4.78 is 15.1. The molecule has 0 fully saturated rings. The molecule has 0 aliphatic heterocycles. The molecule has 0 bridgehead atoms. The molecule has 0 amide bonds. The Morgan fingerprint density at radius 3 is 2.59 bits per heavy atom. The molecule has 5 heteroatoms. The van der Waals surface area contributed by atoms with Gasteiger partial charge in [0, 0.05) is 0 Å². The Hall–Kier alpha value is -4.29. The summed E-state index contributed by atoms with van der Waals surface area (Å²) in [7, 11) is 0. The Morgan fingerprint density at radius 2 is 1.78 bits per heavy atom. The minimum atomic E-state index is -0.321. The number of fused-ring (bicyclic) bond motifs is 6. The zero-order valence-corrected chi connectivity index (χ0v) is 34.0. The van der Waals surface area contributed by atoms with E-state index in [1.165, 1.54) is 55.8 Å². The van der Waals surface area contributed by atoms with Gasteiger partial charge in [-0.3, -0.25) is 0 Å². The number of nitrogens with two attached hydrogens (primary N) is 1. The molecule has 0 radical (unpaired) electrons. The second kappa shape index (κ2) is 15.1. The number of furan rings is 1. The van der Waals surface area contributed by atoms with E-state index in [-0.39, 0.29) is 33.3 Å². The predicted molar refractivity (Wildman–Crippen MR) is 222 cm³/mol. The summed E-state index contributed by atoms with van der Waals surface area (Å²) in [5, 5.41) is 2.15. The van der Waals surface area contributed by atoms with Gasteiger partial charge in [0.1, 0.15) is 0 Å². The summed E-state index contributed by atoms with van der Waals surface area (Å²) >= 11 is -0.321. The third-order valence-corrected chi connectivity index (χ3v) is 14.3. The maximum absolute atomic E-state index is 7.34. The topological polar surface area (TPSA) is 56.1 Å². The van der Waals surface area contributed by atoms with Gasteiger partial charge in [-0.1, -0.05) is 19.1 Å². The summed E-state index contributed by atoms with van der Waals surface area (Å²) in [5.41, 5.74) is 25.5. The Bertz CT molecular complexity index is 2480. The van der Waals surface area contributed by atoms with Crippen LogP contribution in [0.4, 0.5) is 0 Å². The van der Waals surface area contributed by atoms with Crippen molar-refractivity contribution in [1.29, 1.82) is 0 Å². The molecule has 5 aliphatic rings. The summed E-state index contributed by atoms with van der Waals surface area (Å²) in [5.74, 6) is 1.49. The van der Waals surface area contributed by atoms with Gasteiger partial charge >= 0.3 is 265 Å². The van der Waals surface area contributed by atoms with Crippen LogP contribution >= 0.6 is 0 Å². The Kier molecular flexibility index (Phi) is 9.90. The van der Waals surface area contributed by atoms with E-state index in [0.717, 1.165) is 83.5 Å². The first-order valence-electron chi connectivity index (χ1n) is 20.1. The van der Waals surface area contributed by atoms with Crippen LogP contribution in [0, 0.1) is 23.7 Å². The molecule has 9 rings (SSSR count). The number of nitrogens with zero attached hydrogens (tertiary/aromatic N) is 1. The monoisotopic (exact) mass is 824 g/mol. The average molecular weight is 825 g/mol. The molecule has 2 aromatic carbocycles. The van der Waals surface area contributed by atoms with Crippen molar-refractivity contribution in [2.24, 2.45) is 29.4 Å². The molecular formula is C49H51IN3O-. The van der Waals surface area contributed by atoms with Gasteiger partial charge in [0.15, 0.2) is 0 Å². The minimum absolute atomic E-state index is 0.153. The second-order valence-electron chi connectivity index (χ2n) is 15.9. The molecule has 5 aliphatic carbocycles. The molecule has 0 saturated carbocycles. The van der Waals surface area contributed by atoms with Crippen molar-refractivity contribution in [3.05, 3.63) is 144 Å². The normalized spacial score (nSPS) is 22.6. The van der Waals surface area contributed by atoms with Crippen LogP contribution in [-0.2, 0) is 12.8 Å². The van der Waals surface area contributed by atoms with E-state index in [4.69, 9.17) is 10.2 Å². The fourth-order valence-electron chi connectivity index (χ4n) is 9.16. The molecule has 0 saturated heterocycles. The third kappa shape index (κ3) is 6.59. The van der Waals surface area contributed by atoms with E-state index in [9.17, 15) is 0 Å². The molecule has 0 spiro atoms. The number of halogens is 1. The Labute approximate surface area is 330 Å². The van der Waals surface area contributed by atoms with Gasteiger partial charge in [-0.25, -0.2) is 0 Å². The van der Waals surface area contributed by atoms with Crippen molar-refractivity contribution in [3.8, 4) is 0 Å². The molecule has 2 heterocycles. The summed E-state index contributed by atoms with van der Waals surface area (Å²) in [6.07, 6.45) is 30.4. The fourth-order valence-corrected chi connectivity index (χ4v) is 11.1. The van der Waals surface area contributed by atoms with E-state index in [1.54, 1.807) is 0 Å². The molecule has 4 unspecified atom stereocenters. The fraction of sp³-hybridized carbons (Fsp3) is 0.327. The van der Waals surface area contributed by atoms with Gasteiger partial charge in [0.25, 0.3) is 0 Å². The van der Waals surface area contributed by atoms with Gasteiger partial charge < -0.3 is 0 Å². The van der Waals surface area contributed by atoms with Crippen molar-refractivity contribution < 1.29 is 25.9 Å². The van der Waals surface area contributed by atoms with Gasteiger partial charge in [0.05, 0.1) is 0 Å². The quantitative estimate of drug-likeness (QED) is 0.0861. The van der Waals surface area contributed by atoms with Crippen LogP contribution in [0.5, 0.6) is 0 Å². The van der Waals surface area contributed by atoms with E-state index in [1.807, 2.05) is 0 Å². The van der Waals surface area contributed by atoms with E-state index < -0.39 is 0 Å². The molecule has 276 valence electrons. The van der Waals surface area contributed by atoms with Crippen LogP contribution < -0.4 is 41.4 Å². The van der Waals surface area contributed by atoms with Crippen LogP contribution in [-0.4, -0.2) is 11.1 Å². The molecular weight excluding hydrogens is 773 g/mol. The van der Waals surface area contributed by atoms with Gasteiger partial charge in [-0.15, -0.1) is 0 Å². The molecule has 2 aromatic heterocycles. The number of nitrogens with one attached hydrogen (secondary N) is 1. The summed E-state index contributed by atoms with van der Waals surface area (Å²) in [4.78, 5) is 0. The van der Waals surface area contributed by atoms with Crippen LogP contribution in [0.3, 0.4) is 0 Å². The first-order chi connectivity index (χ1) is 26.4. The first kappa shape index (κ1) is 35.4. The summed E-state index contributed by atoms with van der Waals surface area (Å²) in [6, 6.07) is 17.4. The average Bonchev–Trinajstić information content (AvgIpc) is 3.73. The Balaban J connectivity index is 1.20. The van der Waals surface area contributed by atoms with E-state index >= 15 is 0 Å². The van der Waals surface area contributed by atoms with Crippen LogP contribution in [0.1, 0.15) is 92.9 Å². The van der Waals surface area contributed by atoms with Crippen molar-refractivity contribution in [2.45, 2.75) is 72.1 Å². The third-order valence-electron chi connectivity index (χ3n) is 12.0. The van der Waals surface area contributed by atoms with Crippen LogP contribution in [0.25, 0.3) is 45.8 Å². The maximum atomic E-state index is 7.34. The van der Waals surface area contributed by atoms with Gasteiger partial charge in [-0.05, 0) is 48.5 Å². The standard InChI is InChI=1S/C49H51IN3O/c1-31-18-23-37(24-19-31)50-52-30-42(34-12-6-4-7-13-34)46(47(51)35-14-8-5-9-15-35)36-22-26-39-40-25-21-33(3)48(49(40)54-45(39)29-36)53-43-17-11-10-16-38(43)41-28-32(2)20-27-44(41)53/h5,8-9,11-12,14-15,17-18,20-24,26-27,29,31-33,42,52H,4,6-7,10,13,16,19,28,30,51H2,1-3H3/q-1/b47-46-. The summed E-state index contributed by atoms with van der Waals surface area (Å²) in [6.45, 7) is 7.77. The van der Waals surface area contributed by atoms with Crippen molar-refractivity contribution in [1.82, 2.24) is 8.10 Å². The van der Waals surface area contributed by atoms with Crippen molar-refractivity contribution in [3.63, 3.8) is 0 Å².